The van der Waals surface area contributed by atoms with Crippen LogP contribution < -0.4 is 20.1 Å². The van der Waals surface area contributed by atoms with E-state index in [9.17, 15) is 4.79 Å². The van der Waals surface area contributed by atoms with E-state index in [1.165, 1.54) is 0 Å². The Bertz CT molecular complexity index is 1000. The molecule has 0 saturated carbocycles. The number of fused-ring (bicyclic) bond motifs is 2. The first-order chi connectivity index (χ1) is 13.8. The van der Waals surface area contributed by atoms with Crippen LogP contribution in [-0.2, 0) is 0 Å². The minimum absolute atomic E-state index is 0.102. The quantitative estimate of drug-likeness (QED) is 0.646. The van der Waals surface area contributed by atoms with Gasteiger partial charge in [-0.25, -0.2) is 4.98 Å². The molecular formula is C22H23N3O3. The van der Waals surface area contributed by atoms with Crippen molar-refractivity contribution < 1.29 is 14.3 Å². The first-order valence-corrected chi connectivity index (χ1v) is 9.55. The number of benzene rings is 2. The third kappa shape index (κ3) is 3.77. The van der Waals surface area contributed by atoms with Crippen molar-refractivity contribution in [2.24, 2.45) is 0 Å². The topological polar surface area (TPSA) is 72.5 Å². The molecule has 0 radical (unpaired) electrons. The first kappa shape index (κ1) is 18.3. The van der Waals surface area contributed by atoms with Crippen LogP contribution in [0, 0.1) is 0 Å². The molecule has 144 valence electrons. The smallest absolute Gasteiger partial charge is 0.252 e. The number of carbonyl (C=O) groups is 1. The summed E-state index contributed by atoms with van der Waals surface area (Å²) >= 11 is 0. The molecule has 0 unspecified atom stereocenters. The number of aromatic nitrogens is 1. The summed E-state index contributed by atoms with van der Waals surface area (Å²) in [4.78, 5) is 17.6. The van der Waals surface area contributed by atoms with Crippen molar-refractivity contribution >= 4 is 16.8 Å². The zero-order valence-electron chi connectivity index (χ0n) is 15.8. The van der Waals surface area contributed by atoms with Crippen LogP contribution in [0.2, 0.25) is 0 Å². The second-order valence-corrected chi connectivity index (χ2v) is 6.54. The molecule has 1 aliphatic heterocycles. The van der Waals surface area contributed by atoms with Crippen LogP contribution in [0.25, 0.3) is 22.2 Å². The molecule has 1 amide bonds. The van der Waals surface area contributed by atoms with Crippen LogP contribution in [0.4, 0.5) is 0 Å². The summed E-state index contributed by atoms with van der Waals surface area (Å²) in [6, 6.07) is 15.3. The second-order valence-electron chi connectivity index (χ2n) is 6.54. The monoisotopic (exact) mass is 377 g/mol. The molecule has 2 aromatic carbocycles. The lowest BCUT2D eigenvalue weighted by Crippen LogP contribution is -2.31. The van der Waals surface area contributed by atoms with Gasteiger partial charge in [0.2, 0.25) is 0 Å². The van der Waals surface area contributed by atoms with E-state index in [2.05, 4.69) is 10.6 Å². The fourth-order valence-corrected chi connectivity index (χ4v) is 3.25. The van der Waals surface area contributed by atoms with E-state index >= 15 is 0 Å². The van der Waals surface area contributed by atoms with E-state index < -0.39 is 0 Å². The van der Waals surface area contributed by atoms with Crippen LogP contribution in [0.1, 0.15) is 17.3 Å². The Morgan fingerprint density at radius 3 is 2.71 bits per heavy atom. The van der Waals surface area contributed by atoms with Crippen molar-refractivity contribution in [1.82, 2.24) is 15.6 Å². The number of likely N-dealkylation sites (N-methyl/N-ethyl adjacent to an activating group) is 1. The van der Waals surface area contributed by atoms with Gasteiger partial charge in [0.15, 0.2) is 11.5 Å². The van der Waals surface area contributed by atoms with Gasteiger partial charge in [-0.3, -0.25) is 4.79 Å². The normalized spacial score (nSPS) is 12.8. The minimum atomic E-state index is -0.102. The molecule has 6 heteroatoms. The molecule has 4 rings (SSSR count). The predicted molar refractivity (Wildman–Crippen MR) is 109 cm³/mol. The highest BCUT2D eigenvalue weighted by atomic mass is 16.6. The lowest BCUT2D eigenvalue weighted by Gasteiger charge is -2.19. The maximum atomic E-state index is 12.8. The van der Waals surface area contributed by atoms with Crippen LogP contribution in [-0.4, -0.2) is 43.7 Å². The molecule has 1 aliphatic rings. The van der Waals surface area contributed by atoms with Crippen LogP contribution in [0.15, 0.2) is 48.5 Å². The highest BCUT2D eigenvalue weighted by Crippen LogP contribution is 2.35. The fraction of sp³-hybridized carbons (Fsp3) is 0.273. The SMILES string of the molecule is CCNCCNC(=O)c1cc(-c2ccc3c(c2)OCCO3)nc2ccccc12. The number of para-hydroxylation sites is 1. The standard InChI is InChI=1S/C22H23N3O3/c1-2-23-9-10-24-22(26)17-14-19(25-18-6-4-3-5-16(17)18)15-7-8-20-21(13-15)28-12-11-27-20/h3-8,13-14,23H,2,9-12H2,1H3,(H,24,26). The molecule has 6 nitrogen and oxygen atoms in total. The number of pyridine rings is 1. The highest BCUT2D eigenvalue weighted by Gasteiger charge is 2.16. The molecule has 1 aromatic heterocycles. The maximum Gasteiger partial charge on any atom is 0.252 e. The molecule has 0 saturated heterocycles. The van der Waals surface area contributed by atoms with Gasteiger partial charge in [0.25, 0.3) is 5.91 Å². The lowest BCUT2D eigenvalue weighted by molar-refractivity contribution is 0.0955. The first-order valence-electron chi connectivity index (χ1n) is 9.55. The van der Waals surface area contributed by atoms with Crippen molar-refractivity contribution in [2.45, 2.75) is 6.92 Å². The van der Waals surface area contributed by atoms with Gasteiger partial charge >= 0.3 is 0 Å². The Morgan fingerprint density at radius 2 is 1.86 bits per heavy atom. The van der Waals surface area contributed by atoms with Gasteiger partial charge < -0.3 is 20.1 Å². The van der Waals surface area contributed by atoms with E-state index in [4.69, 9.17) is 14.5 Å². The molecule has 3 aromatic rings. The Balaban J connectivity index is 1.71. The van der Waals surface area contributed by atoms with Gasteiger partial charge in [-0.2, -0.15) is 0 Å². The zero-order valence-corrected chi connectivity index (χ0v) is 15.8. The Morgan fingerprint density at radius 1 is 1.04 bits per heavy atom. The molecule has 0 fully saturated rings. The van der Waals surface area contributed by atoms with Gasteiger partial charge in [-0.1, -0.05) is 25.1 Å². The van der Waals surface area contributed by atoms with Gasteiger partial charge in [-0.15, -0.1) is 0 Å². The van der Waals surface area contributed by atoms with E-state index in [1.807, 2.05) is 55.5 Å². The number of nitrogens with one attached hydrogen (secondary N) is 2. The van der Waals surface area contributed by atoms with Crippen LogP contribution in [0.3, 0.4) is 0 Å². The number of hydrogen-bond acceptors (Lipinski definition) is 5. The molecule has 0 aliphatic carbocycles. The third-order valence-corrected chi connectivity index (χ3v) is 4.64. The number of rotatable bonds is 6. The zero-order chi connectivity index (χ0) is 19.3. The summed E-state index contributed by atoms with van der Waals surface area (Å²) in [6.07, 6.45) is 0. The number of nitrogens with zero attached hydrogens (tertiary/aromatic N) is 1. The summed E-state index contributed by atoms with van der Waals surface area (Å²) in [7, 11) is 0. The minimum Gasteiger partial charge on any atom is -0.486 e. The molecule has 2 N–H and O–H groups in total. The highest BCUT2D eigenvalue weighted by molar-refractivity contribution is 6.07. The number of hydrogen-bond donors (Lipinski definition) is 2. The largest absolute Gasteiger partial charge is 0.486 e. The number of amides is 1. The lowest BCUT2D eigenvalue weighted by atomic mass is 10.0. The van der Waals surface area contributed by atoms with E-state index in [1.54, 1.807) is 0 Å². The number of carbonyl (C=O) groups excluding carboxylic acids is 1. The van der Waals surface area contributed by atoms with Gasteiger partial charge in [0, 0.05) is 24.0 Å². The molecule has 0 atom stereocenters. The van der Waals surface area contributed by atoms with Gasteiger partial charge in [0.1, 0.15) is 13.2 Å². The van der Waals surface area contributed by atoms with E-state index in [-0.39, 0.29) is 5.91 Å². The van der Waals surface area contributed by atoms with Crippen molar-refractivity contribution in [1.29, 1.82) is 0 Å². The van der Waals surface area contributed by atoms with Crippen LogP contribution >= 0.6 is 0 Å². The van der Waals surface area contributed by atoms with Crippen molar-refractivity contribution in [3.8, 4) is 22.8 Å². The van der Waals surface area contributed by atoms with Crippen molar-refractivity contribution in [3.05, 3.63) is 54.1 Å². The third-order valence-electron chi connectivity index (χ3n) is 4.64. The Kier molecular flexibility index (Phi) is 5.39. The van der Waals surface area contributed by atoms with E-state index in [0.29, 0.717) is 31.1 Å². The van der Waals surface area contributed by atoms with Crippen molar-refractivity contribution in [3.63, 3.8) is 0 Å². The Labute approximate surface area is 163 Å². The fourth-order valence-electron chi connectivity index (χ4n) is 3.25. The summed E-state index contributed by atoms with van der Waals surface area (Å²) in [5.74, 6) is 1.34. The molecule has 0 spiro atoms. The maximum absolute atomic E-state index is 12.8. The molecular weight excluding hydrogens is 354 g/mol. The van der Waals surface area contributed by atoms with Gasteiger partial charge in [-0.05, 0) is 36.9 Å². The molecule has 2 heterocycles. The van der Waals surface area contributed by atoms with Crippen molar-refractivity contribution in [2.75, 3.05) is 32.8 Å². The second kappa shape index (κ2) is 8.27. The number of ether oxygens (including phenoxy) is 2. The molecule has 28 heavy (non-hydrogen) atoms. The molecule has 0 bridgehead atoms. The summed E-state index contributed by atoms with van der Waals surface area (Å²) < 4.78 is 11.3. The predicted octanol–water partition coefficient (Wildman–Crippen LogP) is 3.01. The summed E-state index contributed by atoms with van der Waals surface area (Å²) in [5, 5.41) is 7.02. The summed E-state index contributed by atoms with van der Waals surface area (Å²) in [5.41, 5.74) is 3.02. The Hall–Kier alpha value is -3.12. The van der Waals surface area contributed by atoms with Gasteiger partial charge in [0.05, 0.1) is 16.8 Å². The average Bonchev–Trinajstić information content (AvgIpc) is 2.75. The summed E-state index contributed by atoms with van der Waals surface area (Å²) in [6.45, 7) is 5.31. The van der Waals surface area contributed by atoms with E-state index in [0.717, 1.165) is 41.0 Å². The average molecular weight is 377 g/mol. The van der Waals surface area contributed by atoms with Crippen LogP contribution in [0.5, 0.6) is 11.5 Å².